The lowest BCUT2D eigenvalue weighted by atomic mass is 9.90. The average molecular weight is 496 g/mol. The van der Waals surface area contributed by atoms with Gasteiger partial charge in [0.2, 0.25) is 0 Å². The number of aromatic nitrogens is 1. The predicted octanol–water partition coefficient (Wildman–Crippen LogP) is 10.4. The molecule has 0 saturated carbocycles. The topological polar surface area (TPSA) is 4.93 Å². The zero-order chi connectivity index (χ0) is 25.8. The van der Waals surface area contributed by atoms with E-state index < -0.39 is 0 Å². The standard InChI is InChI=1S/C38H25N/c1-2-13-28(14-3-1)39-37-20-9-8-18-35(37)36-25-27(21-24-38(36)39)30-22-23-34(33-17-7-6-16-31(30)33)32-19-10-12-26-11-4-5-15-29(26)32/h1-25H. The van der Waals surface area contributed by atoms with Gasteiger partial charge < -0.3 is 4.57 Å². The van der Waals surface area contributed by atoms with Crippen LogP contribution in [0.25, 0.3) is 71.3 Å². The second kappa shape index (κ2) is 8.72. The molecular formula is C38H25N. The lowest BCUT2D eigenvalue weighted by molar-refractivity contribution is 1.18. The van der Waals surface area contributed by atoms with Crippen LogP contribution in [0.4, 0.5) is 0 Å². The van der Waals surface area contributed by atoms with E-state index in [4.69, 9.17) is 0 Å². The number of hydrogen-bond acceptors (Lipinski definition) is 0. The highest BCUT2D eigenvalue weighted by molar-refractivity contribution is 6.13. The van der Waals surface area contributed by atoms with Crippen LogP contribution in [0.15, 0.2) is 152 Å². The first-order valence-electron chi connectivity index (χ1n) is 13.5. The maximum atomic E-state index is 2.37. The molecule has 0 bridgehead atoms. The predicted molar refractivity (Wildman–Crippen MR) is 167 cm³/mol. The van der Waals surface area contributed by atoms with Crippen molar-refractivity contribution < 1.29 is 0 Å². The van der Waals surface area contributed by atoms with Gasteiger partial charge in [0, 0.05) is 16.5 Å². The molecule has 0 aliphatic carbocycles. The lowest BCUT2D eigenvalue weighted by Gasteiger charge is -2.14. The summed E-state index contributed by atoms with van der Waals surface area (Å²) < 4.78 is 2.37. The Bertz CT molecular complexity index is 2160. The third-order valence-corrected chi connectivity index (χ3v) is 8.00. The Morgan fingerprint density at radius 3 is 1.77 bits per heavy atom. The molecular weight excluding hydrogens is 470 g/mol. The molecule has 0 N–H and O–H groups in total. The van der Waals surface area contributed by atoms with Gasteiger partial charge in [0.05, 0.1) is 11.0 Å². The SMILES string of the molecule is c1ccc(-n2c3ccccc3c3cc(-c4ccc(-c5cccc6ccccc56)c5ccccc45)ccc32)cc1. The van der Waals surface area contributed by atoms with Gasteiger partial charge in [0.25, 0.3) is 0 Å². The molecule has 39 heavy (non-hydrogen) atoms. The molecule has 0 fully saturated rings. The molecule has 0 atom stereocenters. The first-order valence-corrected chi connectivity index (χ1v) is 13.5. The summed E-state index contributed by atoms with van der Waals surface area (Å²) >= 11 is 0. The van der Waals surface area contributed by atoms with Crippen LogP contribution in [-0.2, 0) is 0 Å². The molecule has 1 heterocycles. The van der Waals surface area contributed by atoms with E-state index >= 15 is 0 Å². The molecule has 0 aliphatic rings. The summed E-state index contributed by atoms with van der Waals surface area (Å²) in [7, 11) is 0. The van der Waals surface area contributed by atoms with Crippen LogP contribution in [0.1, 0.15) is 0 Å². The van der Waals surface area contributed by atoms with Crippen LogP contribution in [0, 0.1) is 0 Å². The van der Waals surface area contributed by atoms with Gasteiger partial charge in [-0.3, -0.25) is 0 Å². The number of benzene rings is 7. The summed E-state index contributed by atoms with van der Waals surface area (Å²) in [6.45, 7) is 0. The third-order valence-electron chi connectivity index (χ3n) is 8.00. The van der Waals surface area contributed by atoms with E-state index in [2.05, 4.69) is 156 Å². The first-order chi connectivity index (χ1) is 19.4. The molecule has 0 unspecified atom stereocenters. The molecule has 0 aliphatic heterocycles. The Hall–Kier alpha value is -5.14. The second-order valence-electron chi connectivity index (χ2n) is 10.2. The highest BCUT2D eigenvalue weighted by Crippen LogP contribution is 2.40. The Labute approximate surface area is 227 Å². The van der Waals surface area contributed by atoms with Crippen molar-refractivity contribution in [1.82, 2.24) is 4.57 Å². The van der Waals surface area contributed by atoms with Gasteiger partial charge in [-0.05, 0) is 74.1 Å². The maximum absolute atomic E-state index is 2.37. The van der Waals surface area contributed by atoms with Gasteiger partial charge in [-0.1, -0.05) is 121 Å². The van der Waals surface area contributed by atoms with Crippen molar-refractivity contribution >= 4 is 43.4 Å². The third kappa shape index (κ3) is 3.41. The summed E-state index contributed by atoms with van der Waals surface area (Å²) in [6.07, 6.45) is 0. The van der Waals surface area contributed by atoms with Gasteiger partial charge in [0.1, 0.15) is 0 Å². The molecule has 1 aromatic heterocycles. The Kier molecular flexibility index (Phi) is 4.89. The van der Waals surface area contributed by atoms with E-state index in [1.54, 1.807) is 0 Å². The van der Waals surface area contributed by atoms with Crippen LogP contribution in [0.5, 0.6) is 0 Å². The van der Waals surface area contributed by atoms with Crippen molar-refractivity contribution in [2.75, 3.05) is 0 Å². The van der Waals surface area contributed by atoms with E-state index in [-0.39, 0.29) is 0 Å². The fraction of sp³-hybridized carbons (Fsp3) is 0. The van der Waals surface area contributed by atoms with E-state index in [0.717, 1.165) is 0 Å². The molecule has 0 amide bonds. The summed E-state index contributed by atoms with van der Waals surface area (Å²) in [5.74, 6) is 0. The van der Waals surface area contributed by atoms with Crippen molar-refractivity contribution in [3.63, 3.8) is 0 Å². The Morgan fingerprint density at radius 2 is 0.923 bits per heavy atom. The van der Waals surface area contributed by atoms with Gasteiger partial charge in [0.15, 0.2) is 0 Å². The van der Waals surface area contributed by atoms with Crippen LogP contribution < -0.4 is 0 Å². The molecule has 8 rings (SSSR count). The smallest absolute Gasteiger partial charge is 0.0541 e. The van der Waals surface area contributed by atoms with E-state index in [9.17, 15) is 0 Å². The minimum atomic E-state index is 1.18. The molecule has 0 radical (unpaired) electrons. The van der Waals surface area contributed by atoms with Gasteiger partial charge in [-0.2, -0.15) is 0 Å². The van der Waals surface area contributed by atoms with Crippen molar-refractivity contribution in [3.05, 3.63) is 152 Å². The van der Waals surface area contributed by atoms with Crippen molar-refractivity contribution in [2.45, 2.75) is 0 Å². The molecule has 0 saturated heterocycles. The first kappa shape index (κ1) is 21.9. The highest BCUT2D eigenvalue weighted by atomic mass is 15.0. The number of fused-ring (bicyclic) bond motifs is 5. The van der Waals surface area contributed by atoms with Crippen LogP contribution >= 0.6 is 0 Å². The van der Waals surface area contributed by atoms with Gasteiger partial charge >= 0.3 is 0 Å². The van der Waals surface area contributed by atoms with E-state index in [1.807, 2.05) is 0 Å². The van der Waals surface area contributed by atoms with Crippen LogP contribution in [0.2, 0.25) is 0 Å². The summed E-state index contributed by atoms with van der Waals surface area (Å²) in [5, 5.41) is 7.65. The highest BCUT2D eigenvalue weighted by Gasteiger charge is 2.15. The summed E-state index contributed by atoms with van der Waals surface area (Å²) in [6, 6.07) is 55.0. The van der Waals surface area contributed by atoms with Gasteiger partial charge in [-0.15, -0.1) is 0 Å². The fourth-order valence-electron chi connectivity index (χ4n) is 6.24. The molecule has 0 spiro atoms. The molecule has 7 aromatic carbocycles. The number of nitrogens with zero attached hydrogens (tertiary/aromatic N) is 1. The molecule has 8 aromatic rings. The minimum absolute atomic E-state index is 1.18. The molecule has 1 nitrogen and oxygen atoms in total. The number of para-hydroxylation sites is 2. The van der Waals surface area contributed by atoms with Crippen molar-refractivity contribution in [1.29, 1.82) is 0 Å². The Morgan fingerprint density at radius 1 is 0.333 bits per heavy atom. The second-order valence-corrected chi connectivity index (χ2v) is 10.2. The molecule has 182 valence electrons. The monoisotopic (exact) mass is 495 g/mol. The zero-order valence-electron chi connectivity index (χ0n) is 21.4. The quantitative estimate of drug-likeness (QED) is 0.230. The summed E-state index contributed by atoms with van der Waals surface area (Å²) in [4.78, 5) is 0. The fourth-order valence-corrected chi connectivity index (χ4v) is 6.24. The molecule has 1 heteroatoms. The van der Waals surface area contributed by atoms with Crippen molar-refractivity contribution in [3.8, 4) is 27.9 Å². The van der Waals surface area contributed by atoms with E-state index in [0.29, 0.717) is 0 Å². The largest absolute Gasteiger partial charge is 0.309 e. The van der Waals surface area contributed by atoms with Crippen LogP contribution in [-0.4, -0.2) is 4.57 Å². The number of rotatable bonds is 3. The normalized spacial score (nSPS) is 11.6. The zero-order valence-corrected chi connectivity index (χ0v) is 21.4. The minimum Gasteiger partial charge on any atom is -0.309 e. The van der Waals surface area contributed by atoms with Crippen LogP contribution in [0.3, 0.4) is 0 Å². The Balaban J connectivity index is 1.37. The number of hydrogen-bond donors (Lipinski definition) is 0. The maximum Gasteiger partial charge on any atom is 0.0541 e. The lowest BCUT2D eigenvalue weighted by Crippen LogP contribution is -1.93. The van der Waals surface area contributed by atoms with Gasteiger partial charge in [-0.25, -0.2) is 0 Å². The van der Waals surface area contributed by atoms with Crippen molar-refractivity contribution in [2.24, 2.45) is 0 Å². The average Bonchev–Trinajstić information content (AvgIpc) is 3.34. The summed E-state index contributed by atoms with van der Waals surface area (Å²) in [5.41, 5.74) is 8.67. The van der Waals surface area contributed by atoms with E-state index in [1.165, 1.54) is 71.3 Å².